The molecule has 0 atom stereocenters. The number of methoxy groups -OCH3 is 1. The Balaban J connectivity index is 3.41. The number of sulfonamides is 1. The SMILES string of the molecule is CCN(CC)S(=O)(=O)c1ccc(OC)c(N=C(NC#N)SC)c1. The van der Waals surface area contributed by atoms with Gasteiger partial charge in [-0.3, -0.25) is 5.32 Å². The van der Waals surface area contributed by atoms with Crippen molar-refractivity contribution < 1.29 is 13.2 Å². The second-order valence-corrected chi connectivity index (χ2v) is 7.01. The van der Waals surface area contributed by atoms with Crippen LogP contribution in [0.15, 0.2) is 28.1 Å². The van der Waals surface area contributed by atoms with Gasteiger partial charge in [0.2, 0.25) is 10.0 Å². The van der Waals surface area contributed by atoms with E-state index in [2.05, 4.69) is 10.3 Å². The van der Waals surface area contributed by atoms with E-state index in [1.807, 2.05) is 0 Å². The standard InChI is InChI=1S/C14H20N4O3S2/c1-5-18(6-2)23(19,20)11-7-8-13(21-3)12(9-11)17-14(22-4)16-10-15/h7-9H,5-6H2,1-4H3,(H,16,17). The van der Waals surface area contributed by atoms with Gasteiger partial charge in [0, 0.05) is 13.1 Å². The van der Waals surface area contributed by atoms with Crippen LogP contribution in [0.3, 0.4) is 0 Å². The van der Waals surface area contributed by atoms with Crippen LogP contribution < -0.4 is 10.1 Å². The van der Waals surface area contributed by atoms with E-state index in [1.165, 1.54) is 35.3 Å². The summed E-state index contributed by atoms with van der Waals surface area (Å²) in [5.41, 5.74) is 0.341. The molecule has 0 heterocycles. The van der Waals surface area contributed by atoms with Crippen molar-refractivity contribution in [2.75, 3.05) is 26.5 Å². The van der Waals surface area contributed by atoms with Crippen molar-refractivity contribution in [3.05, 3.63) is 18.2 Å². The highest BCUT2D eigenvalue weighted by Gasteiger charge is 2.22. The Morgan fingerprint density at radius 2 is 2.09 bits per heavy atom. The minimum absolute atomic E-state index is 0.137. The van der Waals surface area contributed by atoms with Crippen molar-refractivity contribution in [1.82, 2.24) is 9.62 Å². The zero-order valence-corrected chi connectivity index (χ0v) is 15.2. The van der Waals surface area contributed by atoms with Gasteiger partial charge in [0.25, 0.3) is 0 Å². The van der Waals surface area contributed by atoms with Crippen molar-refractivity contribution in [1.29, 1.82) is 5.26 Å². The number of nitrogens with zero attached hydrogens (tertiary/aromatic N) is 3. The van der Waals surface area contributed by atoms with Crippen LogP contribution >= 0.6 is 11.8 Å². The lowest BCUT2D eigenvalue weighted by atomic mass is 10.3. The molecule has 0 aliphatic rings. The van der Waals surface area contributed by atoms with Crippen LogP contribution in [-0.4, -0.2) is 44.3 Å². The fourth-order valence-electron chi connectivity index (χ4n) is 1.91. The molecule has 0 aromatic heterocycles. The summed E-state index contributed by atoms with van der Waals surface area (Å²) in [6, 6.07) is 4.49. The number of hydrogen-bond acceptors (Lipinski definition) is 6. The van der Waals surface area contributed by atoms with Crippen LogP contribution in [0.4, 0.5) is 5.69 Å². The van der Waals surface area contributed by atoms with E-state index < -0.39 is 10.0 Å². The van der Waals surface area contributed by atoms with Gasteiger partial charge in [-0.05, 0) is 24.5 Å². The Labute approximate surface area is 141 Å². The molecule has 0 bridgehead atoms. The van der Waals surface area contributed by atoms with Gasteiger partial charge in [0.15, 0.2) is 11.4 Å². The van der Waals surface area contributed by atoms with Crippen LogP contribution in [0.1, 0.15) is 13.8 Å². The van der Waals surface area contributed by atoms with E-state index in [0.717, 1.165) is 0 Å². The van der Waals surface area contributed by atoms with Crippen molar-refractivity contribution >= 4 is 32.6 Å². The molecule has 0 amide bonds. The monoisotopic (exact) mass is 356 g/mol. The number of benzene rings is 1. The molecule has 0 fully saturated rings. The average Bonchev–Trinajstić information content (AvgIpc) is 2.55. The summed E-state index contributed by atoms with van der Waals surface area (Å²) in [6.45, 7) is 4.34. The fraction of sp³-hybridized carbons (Fsp3) is 0.429. The predicted molar refractivity (Wildman–Crippen MR) is 92.5 cm³/mol. The molecule has 0 spiro atoms. The lowest BCUT2D eigenvalue weighted by Crippen LogP contribution is -2.30. The number of aliphatic imine (C=N–C) groups is 1. The summed E-state index contributed by atoms with van der Waals surface area (Å²) < 4.78 is 31.8. The smallest absolute Gasteiger partial charge is 0.243 e. The second kappa shape index (κ2) is 8.76. The maximum Gasteiger partial charge on any atom is 0.243 e. The summed E-state index contributed by atoms with van der Waals surface area (Å²) in [6.07, 6.45) is 3.54. The minimum Gasteiger partial charge on any atom is -0.494 e. The maximum atomic E-state index is 12.6. The van der Waals surface area contributed by atoms with E-state index in [0.29, 0.717) is 29.7 Å². The fourth-order valence-corrected chi connectivity index (χ4v) is 3.73. The average molecular weight is 356 g/mol. The van der Waals surface area contributed by atoms with E-state index in [1.54, 1.807) is 32.4 Å². The lowest BCUT2D eigenvalue weighted by molar-refractivity contribution is 0.415. The molecular formula is C14H20N4O3S2. The quantitative estimate of drug-likeness (QED) is 0.363. The van der Waals surface area contributed by atoms with Gasteiger partial charge in [0.1, 0.15) is 11.4 Å². The first-order valence-electron chi connectivity index (χ1n) is 6.90. The summed E-state index contributed by atoms with van der Waals surface area (Å²) in [7, 11) is -2.11. The molecule has 1 rings (SSSR count). The molecule has 0 radical (unpaired) electrons. The van der Waals surface area contributed by atoms with E-state index in [-0.39, 0.29) is 4.90 Å². The number of nitriles is 1. The van der Waals surface area contributed by atoms with Gasteiger partial charge in [-0.25, -0.2) is 13.4 Å². The number of amidine groups is 1. The van der Waals surface area contributed by atoms with Gasteiger partial charge in [0.05, 0.1) is 12.0 Å². The summed E-state index contributed by atoms with van der Waals surface area (Å²) in [4.78, 5) is 4.40. The summed E-state index contributed by atoms with van der Waals surface area (Å²) in [5, 5.41) is 11.5. The number of hydrogen-bond donors (Lipinski definition) is 1. The number of nitrogens with one attached hydrogen (secondary N) is 1. The van der Waals surface area contributed by atoms with Gasteiger partial charge in [-0.2, -0.15) is 9.57 Å². The van der Waals surface area contributed by atoms with Crippen LogP contribution in [0.5, 0.6) is 5.75 Å². The Bertz CT molecular complexity index is 707. The minimum atomic E-state index is -3.59. The molecule has 0 saturated carbocycles. The molecule has 1 N–H and O–H groups in total. The lowest BCUT2D eigenvalue weighted by Gasteiger charge is -2.19. The molecule has 0 aliphatic heterocycles. The molecule has 23 heavy (non-hydrogen) atoms. The second-order valence-electron chi connectivity index (χ2n) is 4.28. The van der Waals surface area contributed by atoms with E-state index in [4.69, 9.17) is 10.00 Å². The van der Waals surface area contributed by atoms with Gasteiger partial charge >= 0.3 is 0 Å². The molecule has 7 nitrogen and oxygen atoms in total. The third-order valence-electron chi connectivity index (χ3n) is 3.07. The van der Waals surface area contributed by atoms with Crippen LogP contribution in [0, 0.1) is 11.5 Å². The predicted octanol–water partition coefficient (Wildman–Crippen LogP) is 2.15. The zero-order chi connectivity index (χ0) is 17.5. The molecular weight excluding hydrogens is 336 g/mol. The third kappa shape index (κ3) is 4.60. The Kier molecular flexibility index (Phi) is 7.35. The van der Waals surface area contributed by atoms with Crippen LogP contribution in [0.2, 0.25) is 0 Å². The Morgan fingerprint density at radius 1 is 1.43 bits per heavy atom. The molecule has 0 saturated heterocycles. The van der Waals surface area contributed by atoms with E-state index >= 15 is 0 Å². The first-order chi connectivity index (χ1) is 10.9. The maximum absolute atomic E-state index is 12.6. The van der Waals surface area contributed by atoms with Gasteiger partial charge < -0.3 is 4.74 Å². The number of thioether (sulfide) groups is 1. The van der Waals surface area contributed by atoms with Crippen molar-refractivity contribution in [2.24, 2.45) is 4.99 Å². The van der Waals surface area contributed by atoms with Gasteiger partial charge in [-0.15, -0.1) is 0 Å². The summed E-state index contributed by atoms with van der Waals surface area (Å²) in [5.74, 6) is 0.426. The topological polar surface area (TPSA) is 94.8 Å². The Hall–Kier alpha value is -1.76. The van der Waals surface area contributed by atoms with Crippen LogP contribution in [0.25, 0.3) is 0 Å². The Morgan fingerprint density at radius 3 is 2.57 bits per heavy atom. The first kappa shape index (κ1) is 19.3. The molecule has 9 heteroatoms. The third-order valence-corrected chi connectivity index (χ3v) is 5.70. The first-order valence-corrected chi connectivity index (χ1v) is 9.57. The number of ether oxygens (including phenoxy) is 1. The molecule has 1 aromatic carbocycles. The zero-order valence-electron chi connectivity index (χ0n) is 13.5. The molecule has 1 aromatic rings. The highest BCUT2D eigenvalue weighted by Crippen LogP contribution is 2.31. The van der Waals surface area contributed by atoms with Crippen molar-refractivity contribution in [2.45, 2.75) is 18.7 Å². The van der Waals surface area contributed by atoms with Crippen molar-refractivity contribution in [3.8, 4) is 11.9 Å². The highest BCUT2D eigenvalue weighted by atomic mass is 32.2. The van der Waals surface area contributed by atoms with Crippen molar-refractivity contribution in [3.63, 3.8) is 0 Å². The highest BCUT2D eigenvalue weighted by molar-refractivity contribution is 8.13. The normalized spacial score (nSPS) is 12.1. The summed E-state index contributed by atoms with van der Waals surface area (Å²) >= 11 is 1.24. The number of rotatable bonds is 6. The van der Waals surface area contributed by atoms with Gasteiger partial charge in [-0.1, -0.05) is 25.6 Å². The molecule has 126 valence electrons. The molecule has 0 unspecified atom stereocenters. The van der Waals surface area contributed by atoms with E-state index in [9.17, 15) is 8.42 Å². The largest absolute Gasteiger partial charge is 0.494 e. The van der Waals surface area contributed by atoms with Crippen LogP contribution in [-0.2, 0) is 10.0 Å². The molecule has 0 aliphatic carbocycles.